The molecule has 4 nitrogen and oxygen atoms in total. The van der Waals surface area contributed by atoms with Crippen molar-refractivity contribution < 1.29 is 4.79 Å². The molecule has 2 aromatic rings. The second-order valence-electron chi connectivity index (χ2n) is 4.03. The molecule has 0 amide bonds. The fraction of sp³-hybridized carbons (Fsp3) is 0.143. The Balaban J connectivity index is 1.93. The van der Waals surface area contributed by atoms with Crippen LogP contribution >= 0.6 is 0 Å². The predicted octanol–water partition coefficient (Wildman–Crippen LogP) is 1.56. The van der Waals surface area contributed by atoms with Crippen molar-refractivity contribution in [2.45, 2.75) is 12.5 Å². The average Bonchev–Trinajstić information content (AvgIpc) is 2.90. The van der Waals surface area contributed by atoms with E-state index in [1.807, 2.05) is 30.3 Å². The Morgan fingerprint density at radius 1 is 1.39 bits per heavy atom. The highest BCUT2D eigenvalue weighted by Gasteiger charge is 2.11. The van der Waals surface area contributed by atoms with Crippen LogP contribution in [0.1, 0.15) is 11.3 Å². The van der Waals surface area contributed by atoms with E-state index >= 15 is 0 Å². The predicted molar refractivity (Wildman–Crippen MR) is 70.8 cm³/mol. The SMILES string of the molecule is NC(Cc1cnc[nH]1)C(=O)C=Cc1ccccc1. The minimum absolute atomic E-state index is 0.0894. The zero-order valence-electron chi connectivity index (χ0n) is 9.91. The molecule has 2 rings (SSSR count). The largest absolute Gasteiger partial charge is 0.348 e. The molecule has 0 saturated carbocycles. The maximum Gasteiger partial charge on any atom is 0.172 e. The highest BCUT2D eigenvalue weighted by Crippen LogP contribution is 2.03. The number of nitrogens with one attached hydrogen (secondary N) is 1. The monoisotopic (exact) mass is 241 g/mol. The molecule has 1 aromatic carbocycles. The van der Waals surface area contributed by atoms with E-state index in [0.717, 1.165) is 11.3 Å². The first kappa shape index (κ1) is 12.3. The highest BCUT2D eigenvalue weighted by atomic mass is 16.1. The summed E-state index contributed by atoms with van der Waals surface area (Å²) in [5.41, 5.74) is 7.67. The van der Waals surface area contributed by atoms with Gasteiger partial charge in [0.25, 0.3) is 0 Å². The van der Waals surface area contributed by atoms with Crippen LogP contribution in [-0.2, 0) is 11.2 Å². The molecule has 0 aliphatic rings. The van der Waals surface area contributed by atoms with Crippen LogP contribution in [0.4, 0.5) is 0 Å². The lowest BCUT2D eigenvalue weighted by Crippen LogP contribution is -2.31. The summed E-state index contributed by atoms with van der Waals surface area (Å²) in [6, 6.07) is 9.12. The van der Waals surface area contributed by atoms with E-state index in [1.165, 1.54) is 6.08 Å². The van der Waals surface area contributed by atoms with Crippen molar-refractivity contribution in [1.29, 1.82) is 0 Å². The maximum atomic E-state index is 11.8. The minimum Gasteiger partial charge on any atom is -0.348 e. The summed E-state index contributed by atoms with van der Waals surface area (Å²) in [5.74, 6) is -0.0894. The number of carbonyl (C=O) groups is 1. The van der Waals surface area contributed by atoms with E-state index in [0.29, 0.717) is 6.42 Å². The van der Waals surface area contributed by atoms with Crippen LogP contribution in [0.15, 0.2) is 48.9 Å². The number of H-pyrrole nitrogens is 1. The molecule has 4 heteroatoms. The Bertz CT molecular complexity index is 517. The molecule has 18 heavy (non-hydrogen) atoms. The van der Waals surface area contributed by atoms with Crippen molar-refractivity contribution in [3.63, 3.8) is 0 Å². The van der Waals surface area contributed by atoms with Crippen LogP contribution < -0.4 is 5.73 Å². The average molecular weight is 241 g/mol. The van der Waals surface area contributed by atoms with Gasteiger partial charge in [0.2, 0.25) is 0 Å². The number of hydrogen-bond donors (Lipinski definition) is 2. The van der Waals surface area contributed by atoms with Crippen LogP contribution in [0.3, 0.4) is 0 Å². The van der Waals surface area contributed by atoms with Crippen molar-refractivity contribution in [3.05, 3.63) is 60.2 Å². The molecular weight excluding hydrogens is 226 g/mol. The first-order chi connectivity index (χ1) is 8.75. The zero-order chi connectivity index (χ0) is 12.8. The lowest BCUT2D eigenvalue weighted by Gasteiger charge is -2.05. The van der Waals surface area contributed by atoms with Gasteiger partial charge in [-0.1, -0.05) is 36.4 Å². The van der Waals surface area contributed by atoms with E-state index in [1.54, 1.807) is 18.6 Å². The fourth-order valence-corrected chi connectivity index (χ4v) is 1.60. The van der Waals surface area contributed by atoms with Crippen molar-refractivity contribution in [2.24, 2.45) is 5.73 Å². The molecule has 0 bridgehead atoms. The summed E-state index contributed by atoms with van der Waals surface area (Å²) in [5, 5.41) is 0. The molecule has 1 unspecified atom stereocenters. The van der Waals surface area contributed by atoms with Gasteiger partial charge in [-0.25, -0.2) is 4.98 Å². The van der Waals surface area contributed by atoms with Gasteiger partial charge in [-0.3, -0.25) is 4.79 Å². The van der Waals surface area contributed by atoms with E-state index < -0.39 is 6.04 Å². The van der Waals surface area contributed by atoms with Gasteiger partial charge in [-0.05, 0) is 11.6 Å². The third-order valence-corrected chi connectivity index (χ3v) is 2.60. The first-order valence-electron chi connectivity index (χ1n) is 5.75. The van der Waals surface area contributed by atoms with Gasteiger partial charge < -0.3 is 10.7 Å². The number of ketones is 1. The first-order valence-corrected chi connectivity index (χ1v) is 5.75. The van der Waals surface area contributed by atoms with Gasteiger partial charge in [0.1, 0.15) is 0 Å². The molecule has 1 atom stereocenters. The summed E-state index contributed by atoms with van der Waals surface area (Å²) in [7, 11) is 0. The third kappa shape index (κ3) is 3.40. The number of benzene rings is 1. The summed E-state index contributed by atoms with van der Waals surface area (Å²) in [4.78, 5) is 18.6. The number of carbonyl (C=O) groups excluding carboxylic acids is 1. The fourth-order valence-electron chi connectivity index (χ4n) is 1.60. The topological polar surface area (TPSA) is 71.8 Å². The van der Waals surface area contributed by atoms with Gasteiger partial charge in [-0.15, -0.1) is 0 Å². The van der Waals surface area contributed by atoms with Crippen LogP contribution in [0.5, 0.6) is 0 Å². The number of imidazole rings is 1. The van der Waals surface area contributed by atoms with Gasteiger partial charge in [0, 0.05) is 18.3 Å². The summed E-state index contributed by atoms with van der Waals surface area (Å²) in [6.07, 6.45) is 7.02. The number of nitrogens with two attached hydrogens (primary N) is 1. The van der Waals surface area contributed by atoms with Crippen molar-refractivity contribution in [2.75, 3.05) is 0 Å². The molecule has 1 aromatic heterocycles. The van der Waals surface area contributed by atoms with Gasteiger partial charge in [-0.2, -0.15) is 0 Å². The smallest absolute Gasteiger partial charge is 0.172 e. The number of aromatic nitrogens is 2. The number of aromatic amines is 1. The lowest BCUT2D eigenvalue weighted by molar-refractivity contribution is -0.115. The zero-order valence-corrected chi connectivity index (χ0v) is 9.91. The molecule has 0 radical (unpaired) electrons. The molecule has 1 heterocycles. The molecule has 0 aliphatic heterocycles. The molecule has 0 fully saturated rings. The molecule has 92 valence electrons. The van der Waals surface area contributed by atoms with Crippen molar-refractivity contribution >= 4 is 11.9 Å². The van der Waals surface area contributed by atoms with Gasteiger partial charge >= 0.3 is 0 Å². The highest BCUT2D eigenvalue weighted by molar-refractivity contribution is 5.97. The van der Waals surface area contributed by atoms with Crippen LogP contribution in [-0.4, -0.2) is 21.8 Å². The molecule has 0 saturated heterocycles. The van der Waals surface area contributed by atoms with Crippen LogP contribution in [0.2, 0.25) is 0 Å². The van der Waals surface area contributed by atoms with Crippen molar-refractivity contribution in [1.82, 2.24) is 9.97 Å². The van der Waals surface area contributed by atoms with Crippen LogP contribution in [0, 0.1) is 0 Å². The Labute approximate surface area is 106 Å². The minimum atomic E-state index is -0.537. The molecule has 0 spiro atoms. The van der Waals surface area contributed by atoms with E-state index in [4.69, 9.17) is 5.73 Å². The standard InChI is InChI=1S/C14H15N3O/c15-13(8-12-9-16-10-17-12)14(18)7-6-11-4-2-1-3-5-11/h1-7,9-10,13H,8,15H2,(H,16,17). The normalized spacial score (nSPS) is 12.7. The molecular formula is C14H15N3O. The Morgan fingerprint density at radius 2 is 2.17 bits per heavy atom. The Kier molecular flexibility index (Phi) is 4.04. The van der Waals surface area contributed by atoms with Gasteiger partial charge in [0.15, 0.2) is 5.78 Å². The van der Waals surface area contributed by atoms with E-state index in [2.05, 4.69) is 9.97 Å². The van der Waals surface area contributed by atoms with Crippen molar-refractivity contribution in [3.8, 4) is 0 Å². The number of rotatable bonds is 5. The Hall–Kier alpha value is -2.20. The maximum absolute atomic E-state index is 11.8. The summed E-state index contributed by atoms with van der Waals surface area (Å²) >= 11 is 0. The third-order valence-electron chi connectivity index (χ3n) is 2.60. The molecule has 0 aliphatic carbocycles. The van der Waals surface area contributed by atoms with Gasteiger partial charge in [0.05, 0.1) is 12.4 Å². The Morgan fingerprint density at radius 3 is 2.83 bits per heavy atom. The van der Waals surface area contributed by atoms with E-state index in [9.17, 15) is 4.79 Å². The van der Waals surface area contributed by atoms with E-state index in [-0.39, 0.29) is 5.78 Å². The van der Waals surface area contributed by atoms with Crippen LogP contribution in [0.25, 0.3) is 6.08 Å². The summed E-state index contributed by atoms with van der Waals surface area (Å²) in [6.45, 7) is 0. The lowest BCUT2D eigenvalue weighted by atomic mass is 10.1. The quantitative estimate of drug-likeness (QED) is 0.780. The second-order valence-corrected chi connectivity index (χ2v) is 4.03. The summed E-state index contributed by atoms with van der Waals surface area (Å²) < 4.78 is 0. The molecule has 3 N–H and O–H groups in total. The second kappa shape index (κ2) is 5.93. The number of nitrogens with zero attached hydrogens (tertiary/aromatic N) is 1. The number of hydrogen-bond acceptors (Lipinski definition) is 3.